The molecule has 17 heavy (non-hydrogen) atoms. The van der Waals surface area contributed by atoms with Gasteiger partial charge in [-0.2, -0.15) is 0 Å². The molecule has 0 bridgehead atoms. The monoisotopic (exact) mass is 243 g/mol. The summed E-state index contributed by atoms with van der Waals surface area (Å²) in [4.78, 5) is 11.6. The second kappa shape index (κ2) is 6.97. The first-order valence-corrected chi connectivity index (χ1v) is 6.51. The van der Waals surface area contributed by atoms with Gasteiger partial charge in [0.2, 0.25) is 0 Å². The van der Waals surface area contributed by atoms with Crippen molar-refractivity contribution in [3.05, 3.63) is 0 Å². The molecule has 1 fully saturated rings. The number of nitrogens with one attached hydrogen (secondary N) is 1. The number of hydrogen-bond donors (Lipinski definition) is 1. The van der Waals surface area contributed by atoms with Gasteiger partial charge in [-0.25, -0.2) is 4.79 Å². The van der Waals surface area contributed by atoms with E-state index in [0.29, 0.717) is 12.7 Å². The average Bonchev–Trinajstić information content (AvgIpc) is 2.63. The number of ether oxygens (including phenoxy) is 2. The Morgan fingerprint density at radius 1 is 1.29 bits per heavy atom. The SMILES string of the molecule is CNC(C)(COC1CCCCCC1)C(=O)OC. The van der Waals surface area contributed by atoms with E-state index in [1.165, 1.54) is 32.8 Å². The summed E-state index contributed by atoms with van der Waals surface area (Å²) in [5, 5.41) is 2.98. The smallest absolute Gasteiger partial charge is 0.328 e. The van der Waals surface area contributed by atoms with Crippen LogP contribution in [0, 0.1) is 0 Å². The Balaban J connectivity index is 2.43. The van der Waals surface area contributed by atoms with Crippen LogP contribution in [0.5, 0.6) is 0 Å². The third-order valence-electron chi connectivity index (χ3n) is 3.60. The topological polar surface area (TPSA) is 47.6 Å². The Morgan fingerprint density at radius 2 is 1.88 bits per heavy atom. The summed E-state index contributed by atoms with van der Waals surface area (Å²) in [6.45, 7) is 2.19. The molecule has 0 aromatic rings. The van der Waals surface area contributed by atoms with E-state index in [2.05, 4.69) is 5.32 Å². The van der Waals surface area contributed by atoms with Gasteiger partial charge in [0.1, 0.15) is 5.54 Å². The second-order valence-electron chi connectivity index (χ2n) is 5.00. The minimum Gasteiger partial charge on any atom is -0.468 e. The van der Waals surface area contributed by atoms with Gasteiger partial charge >= 0.3 is 5.97 Å². The predicted octanol–water partition coefficient (Wildman–Crippen LogP) is 1.88. The van der Waals surface area contributed by atoms with Crippen LogP contribution in [0.3, 0.4) is 0 Å². The molecule has 0 spiro atoms. The van der Waals surface area contributed by atoms with Crippen molar-refractivity contribution in [1.82, 2.24) is 5.32 Å². The van der Waals surface area contributed by atoms with Gasteiger partial charge in [-0.3, -0.25) is 0 Å². The van der Waals surface area contributed by atoms with Crippen LogP contribution in [0.25, 0.3) is 0 Å². The van der Waals surface area contributed by atoms with E-state index in [4.69, 9.17) is 9.47 Å². The maximum atomic E-state index is 11.6. The van der Waals surface area contributed by atoms with E-state index in [-0.39, 0.29) is 5.97 Å². The van der Waals surface area contributed by atoms with E-state index in [0.717, 1.165) is 12.8 Å². The highest BCUT2D eigenvalue weighted by Gasteiger charge is 2.33. The van der Waals surface area contributed by atoms with E-state index in [9.17, 15) is 4.79 Å². The molecule has 0 aromatic carbocycles. The van der Waals surface area contributed by atoms with Crippen molar-refractivity contribution in [2.24, 2.45) is 0 Å². The van der Waals surface area contributed by atoms with Crippen molar-refractivity contribution in [1.29, 1.82) is 0 Å². The molecule has 4 nitrogen and oxygen atoms in total. The number of likely N-dealkylation sites (N-methyl/N-ethyl adjacent to an activating group) is 1. The lowest BCUT2D eigenvalue weighted by atomic mass is 10.0. The Labute approximate surface area is 104 Å². The molecule has 0 saturated heterocycles. The van der Waals surface area contributed by atoms with E-state index >= 15 is 0 Å². The first-order chi connectivity index (χ1) is 8.12. The van der Waals surface area contributed by atoms with Gasteiger partial charge in [0.15, 0.2) is 0 Å². The first kappa shape index (κ1) is 14.5. The minimum absolute atomic E-state index is 0.270. The predicted molar refractivity (Wildman–Crippen MR) is 66.9 cm³/mol. The second-order valence-corrected chi connectivity index (χ2v) is 5.00. The summed E-state index contributed by atoms with van der Waals surface area (Å²) in [7, 11) is 3.16. The summed E-state index contributed by atoms with van der Waals surface area (Å²) >= 11 is 0. The number of carbonyl (C=O) groups is 1. The number of hydrogen-bond acceptors (Lipinski definition) is 4. The van der Waals surface area contributed by atoms with E-state index in [1.807, 2.05) is 6.92 Å². The number of rotatable bonds is 5. The third-order valence-corrected chi connectivity index (χ3v) is 3.60. The molecule has 0 amide bonds. The fourth-order valence-corrected chi connectivity index (χ4v) is 2.15. The lowest BCUT2D eigenvalue weighted by molar-refractivity contribution is -0.151. The van der Waals surface area contributed by atoms with Gasteiger partial charge < -0.3 is 14.8 Å². The molecule has 1 aliphatic carbocycles. The first-order valence-electron chi connectivity index (χ1n) is 6.51. The Morgan fingerprint density at radius 3 is 2.35 bits per heavy atom. The molecule has 0 aliphatic heterocycles. The van der Waals surface area contributed by atoms with Crippen molar-refractivity contribution in [2.45, 2.75) is 57.1 Å². The maximum absolute atomic E-state index is 11.6. The highest BCUT2D eigenvalue weighted by molar-refractivity contribution is 5.80. The summed E-state index contributed by atoms with van der Waals surface area (Å²) < 4.78 is 10.7. The zero-order valence-electron chi connectivity index (χ0n) is 11.3. The zero-order chi connectivity index (χ0) is 12.7. The van der Waals surface area contributed by atoms with Gasteiger partial charge in [0, 0.05) is 0 Å². The van der Waals surface area contributed by atoms with Crippen molar-refractivity contribution in [2.75, 3.05) is 20.8 Å². The molecule has 0 aromatic heterocycles. The van der Waals surface area contributed by atoms with Crippen LogP contribution in [0.15, 0.2) is 0 Å². The van der Waals surface area contributed by atoms with Crippen molar-refractivity contribution in [3.63, 3.8) is 0 Å². The maximum Gasteiger partial charge on any atom is 0.328 e. The largest absolute Gasteiger partial charge is 0.468 e. The Bertz CT molecular complexity index is 237. The van der Waals surface area contributed by atoms with Crippen LogP contribution in [0.4, 0.5) is 0 Å². The molecule has 0 heterocycles. The Kier molecular flexibility index (Phi) is 5.92. The van der Waals surface area contributed by atoms with Crippen LogP contribution >= 0.6 is 0 Å². The number of methoxy groups -OCH3 is 1. The van der Waals surface area contributed by atoms with Crippen LogP contribution in [0.1, 0.15) is 45.4 Å². The molecule has 1 atom stereocenters. The molecule has 1 N–H and O–H groups in total. The molecule has 1 rings (SSSR count). The van der Waals surface area contributed by atoms with Gasteiger partial charge in [-0.15, -0.1) is 0 Å². The molecular weight excluding hydrogens is 218 g/mol. The van der Waals surface area contributed by atoms with Crippen LogP contribution in [-0.4, -0.2) is 38.4 Å². The summed E-state index contributed by atoms with van der Waals surface area (Å²) in [5.74, 6) is -0.270. The number of esters is 1. The summed E-state index contributed by atoms with van der Waals surface area (Å²) in [6.07, 6.45) is 7.61. The van der Waals surface area contributed by atoms with Gasteiger partial charge in [0.05, 0.1) is 19.8 Å². The zero-order valence-corrected chi connectivity index (χ0v) is 11.3. The fourth-order valence-electron chi connectivity index (χ4n) is 2.15. The third kappa shape index (κ3) is 4.28. The molecule has 4 heteroatoms. The molecule has 1 saturated carbocycles. The molecular formula is C13H25NO3. The van der Waals surface area contributed by atoms with Gasteiger partial charge in [-0.1, -0.05) is 25.7 Å². The minimum atomic E-state index is -0.735. The standard InChI is InChI=1S/C13H25NO3/c1-13(14-2,12(15)16-3)10-17-11-8-6-4-5-7-9-11/h11,14H,4-10H2,1-3H3. The highest BCUT2D eigenvalue weighted by Crippen LogP contribution is 2.21. The lowest BCUT2D eigenvalue weighted by Crippen LogP contribution is -2.52. The summed E-state index contributed by atoms with van der Waals surface area (Å²) in [5.41, 5.74) is -0.735. The highest BCUT2D eigenvalue weighted by atomic mass is 16.5. The van der Waals surface area contributed by atoms with E-state index < -0.39 is 5.54 Å². The fraction of sp³-hybridized carbons (Fsp3) is 0.923. The van der Waals surface area contributed by atoms with Crippen LogP contribution in [0.2, 0.25) is 0 Å². The normalized spacial score (nSPS) is 21.6. The molecule has 100 valence electrons. The van der Waals surface area contributed by atoms with E-state index in [1.54, 1.807) is 7.05 Å². The molecule has 1 unspecified atom stereocenters. The van der Waals surface area contributed by atoms with Crippen LogP contribution < -0.4 is 5.32 Å². The van der Waals surface area contributed by atoms with Crippen LogP contribution in [-0.2, 0) is 14.3 Å². The van der Waals surface area contributed by atoms with Crippen molar-refractivity contribution >= 4 is 5.97 Å². The van der Waals surface area contributed by atoms with Gasteiger partial charge in [-0.05, 0) is 26.8 Å². The number of carbonyl (C=O) groups excluding carboxylic acids is 1. The molecule has 0 radical (unpaired) electrons. The Hall–Kier alpha value is -0.610. The lowest BCUT2D eigenvalue weighted by Gasteiger charge is -2.28. The average molecular weight is 243 g/mol. The van der Waals surface area contributed by atoms with Crippen molar-refractivity contribution < 1.29 is 14.3 Å². The van der Waals surface area contributed by atoms with Crippen molar-refractivity contribution in [3.8, 4) is 0 Å². The quantitative estimate of drug-likeness (QED) is 0.591. The van der Waals surface area contributed by atoms with Gasteiger partial charge in [0.25, 0.3) is 0 Å². The summed E-state index contributed by atoms with van der Waals surface area (Å²) in [6, 6.07) is 0. The molecule has 1 aliphatic rings.